The molecule has 99 heavy (non-hydrogen) atoms. The van der Waals surface area contributed by atoms with E-state index >= 15 is 0 Å². The van der Waals surface area contributed by atoms with Crippen LogP contribution in [0, 0.1) is 0 Å². The van der Waals surface area contributed by atoms with E-state index in [1.807, 2.05) is 72.8 Å². The fourth-order valence-electron chi connectivity index (χ4n) is 16.2. The summed E-state index contributed by atoms with van der Waals surface area (Å²) < 4.78 is 33.3. The summed E-state index contributed by atoms with van der Waals surface area (Å²) >= 11 is 0. The highest BCUT2D eigenvalue weighted by molar-refractivity contribution is 6.43. The molecule has 0 radical (unpaired) electrons. The number of rotatable bonds is 36. The molecule has 0 spiro atoms. The van der Waals surface area contributed by atoms with E-state index in [9.17, 15) is 38.4 Å². The molecule has 4 aliphatic rings. The van der Waals surface area contributed by atoms with Gasteiger partial charge in [-0.25, -0.2) is 0 Å². The summed E-state index contributed by atoms with van der Waals surface area (Å²) in [5.74, 6) is -2.87. The number of nitrogens with zero attached hydrogens (tertiary/aromatic N) is 4. The number of hydrogen-bond acceptors (Lipinski definition) is 14. The van der Waals surface area contributed by atoms with Crippen molar-refractivity contribution in [3.63, 3.8) is 0 Å². The maximum Gasteiger partial charge on any atom is 0.261 e. The van der Waals surface area contributed by atoms with Gasteiger partial charge in [0.25, 0.3) is 47.3 Å². The van der Waals surface area contributed by atoms with Crippen LogP contribution in [0.5, 0.6) is 0 Å². The first-order valence-corrected chi connectivity index (χ1v) is 35.6. The number of amides is 8. The fourth-order valence-corrected chi connectivity index (χ4v) is 16.2. The van der Waals surface area contributed by atoms with Crippen molar-refractivity contribution < 1.29 is 66.8 Å². The lowest BCUT2D eigenvalue weighted by atomic mass is 9.82. The molecule has 512 valence electrons. The Morgan fingerprint density at radius 1 is 0.273 bits per heavy atom. The smallest absolute Gasteiger partial charge is 0.261 e. The number of unbranched alkanes of at least 4 members (excludes halogenated alkanes) is 10. The molecule has 8 amide bonds. The van der Waals surface area contributed by atoms with Crippen LogP contribution in [0.3, 0.4) is 0 Å². The SMILES string of the molecule is CCCCCCC(CCCCCC)N1C(=O)c2ccc3c4ccc5c6c(ccc(c7ccc(c2c37)C1=O)c64)C(=O)N(CCCCCCCN1C(=O)c2ccc3c4ccc6c7c(ccc(c8ccc(c2c38)C1=O)c74)C(=O)N(C(COCCOCCOC)COCCOCCOC)C6=O)C5=O. The van der Waals surface area contributed by atoms with Gasteiger partial charge in [0.2, 0.25) is 0 Å². The number of ether oxygens (including phenoxy) is 6. The van der Waals surface area contributed by atoms with Gasteiger partial charge >= 0.3 is 0 Å². The first-order chi connectivity index (χ1) is 48.4. The fraction of sp³-hybridized carbons (Fsp3) is 0.407. The second kappa shape index (κ2) is 29.1. The highest BCUT2D eigenvalue weighted by atomic mass is 16.6. The normalized spacial score (nSPS) is 14.8. The Hall–Kier alpha value is -8.88. The summed E-state index contributed by atoms with van der Waals surface area (Å²) in [6, 6.07) is 28.9. The first-order valence-electron chi connectivity index (χ1n) is 35.6. The van der Waals surface area contributed by atoms with E-state index in [2.05, 4.69) is 13.8 Å². The first kappa shape index (κ1) is 67.3. The van der Waals surface area contributed by atoms with E-state index < -0.39 is 17.9 Å². The Labute approximate surface area is 574 Å². The van der Waals surface area contributed by atoms with Crippen LogP contribution in [0.1, 0.15) is 193 Å². The van der Waals surface area contributed by atoms with E-state index in [1.165, 1.54) is 14.7 Å². The minimum Gasteiger partial charge on any atom is -0.382 e. The van der Waals surface area contributed by atoms with Crippen LogP contribution in [-0.4, -0.2) is 172 Å². The average Bonchev–Trinajstić information content (AvgIpc) is 0.697. The van der Waals surface area contributed by atoms with Gasteiger partial charge in [0.15, 0.2) is 0 Å². The predicted octanol–water partition coefficient (Wildman–Crippen LogP) is 14.9. The van der Waals surface area contributed by atoms with Crippen LogP contribution >= 0.6 is 0 Å². The number of imide groups is 4. The van der Waals surface area contributed by atoms with Crippen molar-refractivity contribution in [2.75, 3.05) is 93.4 Å². The second-order valence-corrected chi connectivity index (χ2v) is 26.9. The molecule has 0 saturated heterocycles. The molecule has 0 fully saturated rings. The molecule has 18 nitrogen and oxygen atoms in total. The van der Waals surface area contributed by atoms with Crippen LogP contribution in [0.4, 0.5) is 0 Å². The summed E-state index contributed by atoms with van der Waals surface area (Å²) in [5.41, 5.74) is 3.56. The van der Waals surface area contributed by atoms with E-state index in [0.29, 0.717) is 131 Å². The maximum absolute atomic E-state index is 14.7. The second-order valence-electron chi connectivity index (χ2n) is 26.9. The van der Waals surface area contributed by atoms with Crippen molar-refractivity contribution in [2.45, 2.75) is 122 Å². The van der Waals surface area contributed by atoms with Gasteiger partial charge in [-0.1, -0.05) is 133 Å². The van der Waals surface area contributed by atoms with Crippen LogP contribution in [0.25, 0.3) is 86.2 Å². The molecule has 10 aromatic carbocycles. The van der Waals surface area contributed by atoms with Crippen LogP contribution < -0.4 is 0 Å². The van der Waals surface area contributed by atoms with Crippen molar-refractivity contribution in [1.29, 1.82) is 0 Å². The van der Waals surface area contributed by atoms with E-state index in [4.69, 9.17) is 28.4 Å². The summed E-state index contributed by atoms with van der Waals surface area (Å²) in [7, 11) is 3.19. The highest BCUT2D eigenvalue weighted by Crippen LogP contribution is 2.49. The Bertz CT molecular complexity index is 4600. The Balaban J connectivity index is 0.632. The van der Waals surface area contributed by atoms with Crippen molar-refractivity contribution in [3.8, 4) is 0 Å². The van der Waals surface area contributed by atoms with Gasteiger partial charge in [0, 0.05) is 99.4 Å². The number of benzene rings is 10. The number of methoxy groups -OCH3 is 2. The standard InChI is InChI=1S/C81H84N4O14/c1-5-7-9-14-18-48(19-15-10-8-6-2)84-78(90)62-32-24-54-50-20-28-58-70-59(29-21-51(66(50)70)55-25-33-63(79(84)91)72(62)68(54)55)75(87)82(74(58)86)36-16-12-11-13-17-37-83-76(88)60-30-22-52-56-26-34-64-73-65(35-27-57(69(56)73)53-23-31-61(77(83)89)71(60)67(52)53)81(93)85(80(64)92)49(46-98-44-42-96-40-38-94-3)47-99-45-43-97-41-39-95-4/h20-35,48-49H,5-19,36-47H2,1-4H3. The van der Waals surface area contributed by atoms with Crippen LogP contribution in [-0.2, 0) is 28.4 Å². The van der Waals surface area contributed by atoms with Crippen molar-refractivity contribution in [3.05, 3.63) is 142 Å². The molecule has 0 bridgehead atoms. The van der Waals surface area contributed by atoms with Gasteiger partial charge in [0.1, 0.15) is 0 Å². The van der Waals surface area contributed by atoms with Crippen LogP contribution in [0.15, 0.2) is 97.1 Å². The summed E-state index contributed by atoms with van der Waals surface area (Å²) in [6.07, 6.45) is 13.4. The summed E-state index contributed by atoms with van der Waals surface area (Å²) in [4.78, 5) is 122. The van der Waals surface area contributed by atoms with Gasteiger partial charge in [0.05, 0.1) is 72.1 Å². The largest absolute Gasteiger partial charge is 0.382 e. The van der Waals surface area contributed by atoms with E-state index in [-0.39, 0.29) is 81.0 Å². The molecule has 0 aromatic heterocycles. The summed E-state index contributed by atoms with van der Waals surface area (Å²) in [6.45, 7) is 7.57. The van der Waals surface area contributed by atoms with Crippen molar-refractivity contribution in [1.82, 2.24) is 19.6 Å². The lowest BCUT2D eigenvalue weighted by molar-refractivity contribution is -0.0221. The molecule has 0 N–H and O–H groups in total. The quantitative estimate of drug-likeness (QED) is 0.0155. The lowest BCUT2D eigenvalue weighted by Crippen LogP contribution is -2.51. The number of carbonyl (C=O) groups is 8. The summed E-state index contributed by atoms with van der Waals surface area (Å²) in [5, 5.41) is 12.2. The van der Waals surface area contributed by atoms with Crippen molar-refractivity contribution in [2.24, 2.45) is 0 Å². The van der Waals surface area contributed by atoms with Gasteiger partial charge in [-0.2, -0.15) is 0 Å². The van der Waals surface area contributed by atoms with E-state index in [0.717, 1.165) is 135 Å². The van der Waals surface area contributed by atoms with Gasteiger partial charge < -0.3 is 28.4 Å². The topological polar surface area (TPSA) is 205 Å². The zero-order valence-corrected chi connectivity index (χ0v) is 57.0. The zero-order chi connectivity index (χ0) is 68.6. The van der Waals surface area contributed by atoms with E-state index in [1.54, 1.807) is 43.4 Å². The third kappa shape index (κ3) is 11.8. The lowest BCUT2D eigenvalue weighted by Gasteiger charge is -2.35. The third-order valence-corrected chi connectivity index (χ3v) is 21.0. The molecule has 0 unspecified atom stereocenters. The van der Waals surface area contributed by atoms with Crippen molar-refractivity contribution >= 4 is 133 Å². The molecule has 0 aliphatic carbocycles. The molecule has 0 atom stereocenters. The third-order valence-electron chi connectivity index (χ3n) is 21.0. The Morgan fingerprint density at radius 3 is 0.818 bits per heavy atom. The number of hydrogen-bond donors (Lipinski definition) is 0. The monoisotopic (exact) mass is 1340 g/mol. The molecular formula is C81H84N4O14. The molecule has 4 aliphatic heterocycles. The minimum atomic E-state index is -0.768. The Morgan fingerprint density at radius 2 is 0.525 bits per heavy atom. The van der Waals surface area contributed by atoms with Gasteiger partial charge in [-0.3, -0.25) is 58.0 Å². The van der Waals surface area contributed by atoms with Gasteiger partial charge in [-0.05, 0) is 139 Å². The minimum absolute atomic E-state index is 0.0146. The zero-order valence-electron chi connectivity index (χ0n) is 57.0. The predicted molar refractivity (Wildman–Crippen MR) is 382 cm³/mol. The Kier molecular flexibility index (Phi) is 19.8. The highest BCUT2D eigenvalue weighted by Gasteiger charge is 2.42. The average molecular weight is 1340 g/mol. The number of fused-ring (bicyclic) bond motifs is 4. The van der Waals surface area contributed by atoms with Gasteiger partial charge in [-0.15, -0.1) is 0 Å². The molecule has 14 rings (SSSR count). The molecule has 0 saturated carbocycles. The molecule has 4 heterocycles. The molecule has 10 aromatic rings. The molecule has 18 heteroatoms. The maximum atomic E-state index is 14.7. The molecular weight excluding hydrogens is 1250 g/mol. The van der Waals surface area contributed by atoms with Crippen LogP contribution in [0.2, 0.25) is 0 Å². The number of carbonyl (C=O) groups excluding carboxylic acids is 8.